The van der Waals surface area contributed by atoms with Gasteiger partial charge in [0.05, 0.1) is 29.6 Å². The molecule has 6 nitrogen and oxygen atoms in total. The first-order valence-electron chi connectivity index (χ1n) is 6.22. The molecule has 150 valence electrons. The van der Waals surface area contributed by atoms with Gasteiger partial charge >= 0.3 is 11.9 Å². The number of carboxylic acid groups (broad SMARTS) is 2. The molecule has 0 heterocycles. The van der Waals surface area contributed by atoms with Gasteiger partial charge in [-0.1, -0.05) is 0 Å². The molecule has 0 aliphatic heterocycles. The number of anilines is 2. The molecule has 6 N–H and O–H groups in total. The van der Waals surface area contributed by atoms with E-state index in [-0.39, 0.29) is 16.5 Å². The van der Waals surface area contributed by atoms with Crippen molar-refractivity contribution in [1.29, 1.82) is 0 Å². The van der Waals surface area contributed by atoms with Gasteiger partial charge in [0, 0.05) is 30.8 Å². The Labute approximate surface area is 246 Å². The van der Waals surface area contributed by atoms with Crippen molar-refractivity contribution >= 4 is 159 Å². The third-order valence-electron chi connectivity index (χ3n) is 2.84. The van der Waals surface area contributed by atoms with E-state index in [1.165, 1.54) is 0 Å². The van der Waals surface area contributed by atoms with Crippen LogP contribution in [-0.4, -0.2) is 22.2 Å². The number of aromatic carboxylic acids is 2. The molecule has 0 spiro atoms. The summed E-state index contributed by atoms with van der Waals surface area (Å²) in [5, 5.41) is 17.8. The van der Waals surface area contributed by atoms with E-state index >= 15 is 0 Å². The van der Waals surface area contributed by atoms with E-state index in [0.717, 1.165) is 7.14 Å². The van der Waals surface area contributed by atoms with Crippen LogP contribution in [-0.2, 0) is 16.5 Å². The van der Waals surface area contributed by atoms with Gasteiger partial charge in [0.1, 0.15) is 0 Å². The van der Waals surface area contributed by atoms with Crippen LogP contribution in [0.3, 0.4) is 0 Å². The van der Waals surface area contributed by atoms with Crippen LogP contribution in [0.2, 0.25) is 0 Å². The molecule has 0 unspecified atom stereocenters. The van der Waals surface area contributed by atoms with Crippen LogP contribution in [0.4, 0.5) is 11.4 Å². The van der Waals surface area contributed by atoms with E-state index in [2.05, 4.69) is 45.2 Å². The molecule has 0 radical (unpaired) electrons. The van der Waals surface area contributed by atoms with E-state index in [0.29, 0.717) is 36.8 Å². The molecule has 2 aromatic rings. The van der Waals surface area contributed by atoms with E-state index in [9.17, 15) is 9.59 Å². The van der Waals surface area contributed by atoms with Gasteiger partial charge in [-0.25, -0.2) is 9.59 Å². The number of carboxylic acids is 2. The van der Waals surface area contributed by atoms with Crippen molar-refractivity contribution in [2.45, 2.75) is 0 Å². The van der Waals surface area contributed by atoms with Gasteiger partial charge in [0.15, 0.2) is 0 Å². The summed E-state index contributed by atoms with van der Waals surface area (Å²) in [6.07, 6.45) is 0. The van der Waals surface area contributed by atoms with Crippen LogP contribution in [0.1, 0.15) is 20.7 Å². The fourth-order valence-corrected chi connectivity index (χ4v) is 9.27. The Bertz CT molecular complexity index is 837. The predicted molar refractivity (Wildman–Crippen MR) is 152 cm³/mol. The van der Waals surface area contributed by atoms with E-state index < -0.39 is 11.9 Å². The number of nitrogens with two attached hydrogens (primary N) is 2. The Morgan fingerprint density at radius 3 is 1.15 bits per heavy atom. The van der Waals surface area contributed by atoms with Gasteiger partial charge in [0.2, 0.25) is 0 Å². The Hall–Kier alpha value is 1.85. The second kappa shape index (κ2) is 12.6. The van der Waals surface area contributed by atoms with Crippen molar-refractivity contribution < 1.29 is 36.3 Å². The molecule has 2 aromatic carbocycles. The fraction of sp³-hybridized carbons (Fsp3) is 0. The first-order chi connectivity index (χ1) is 11.9. The largest absolute Gasteiger partial charge is 0.478 e. The average molecular weight is 1090 g/mol. The normalized spacial score (nSPS) is 9.70. The number of carbonyl (C=O) groups is 2. The van der Waals surface area contributed by atoms with Crippen LogP contribution >= 0.6 is 136 Å². The number of hydrogen-bond acceptors (Lipinski definition) is 4. The maximum atomic E-state index is 10.8. The van der Waals surface area contributed by atoms with Crippen molar-refractivity contribution in [1.82, 2.24) is 0 Å². The van der Waals surface area contributed by atoms with Crippen LogP contribution in [0.5, 0.6) is 0 Å². The molecule has 13 heteroatoms. The van der Waals surface area contributed by atoms with E-state index in [1.807, 2.05) is 90.4 Å². The zero-order valence-electron chi connectivity index (χ0n) is 12.6. The van der Waals surface area contributed by atoms with Gasteiger partial charge in [-0.15, -0.1) is 0 Å². The molecular formula is C14H8I6N2NiO4. The molecule has 0 aromatic heterocycles. The third kappa shape index (κ3) is 7.49. The van der Waals surface area contributed by atoms with Crippen molar-refractivity contribution in [3.05, 3.63) is 44.7 Å². The number of hydrogen-bond donors (Lipinski definition) is 4. The van der Waals surface area contributed by atoms with Crippen LogP contribution in [0, 0.1) is 21.4 Å². The first kappa shape index (κ1) is 28.9. The molecule has 0 aliphatic carbocycles. The Morgan fingerprint density at radius 1 is 0.667 bits per heavy atom. The summed E-state index contributed by atoms with van der Waals surface area (Å²) < 4.78 is 4.43. The van der Waals surface area contributed by atoms with Crippen LogP contribution in [0.15, 0.2) is 12.1 Å². The quantitative estimate of drug-likeness (QED) is 0.178. The smallest absolute Gasteiger partial charge is 0.337 e. The van der Waals surface area contributed by atoms with Crippen LogP contribution < -0.4 is 11.5 Å². The predicted octanol–water partition coefficient (Wildman–Crippen LogP) is 5.56. The summed E-state index contributed by atoms with van der Waals surface area (Å²) in [6, 6.07) is 3.53. The SMILES string of the molecule is Nc1c(I)cc(I)c(C(=O)O)c1I.Nc1c(I)cc(I)c(C(=O)O)c1I.[Ni]. The van der Waals surface area contributed by atoms with Crippen molar-refractivity contribution in [2.75, 3.05) is 11.5 Å². The molecule has 0 atom stereocenters. The van der Waals surface area contributed by atoms with Crippen molar-refractivity contribution in [2.24, 2.45) is 0 Å². The maximum absolute atomic E-state index is 10.8. The number of halogens is 6. The summed E-state index contributed by atoms with van der Waals surface area (Å²) >= 11 is 12.1. The Balaban J connectivity index is 0.000000483. The van der Waals surface area contributed by atoms with Crippen LogP contribution in [0.25, 0.3) is 0 Å². The summed E-state index contributed by atoms with van der Waals surface area (Å²) in [7, 11) is 0. The monoisotopic (exact) mass is 1090 g/mol. The summed E-state index contributed by atoms with van der Waals surface area (Å²) in [4.78, 5) is 21.7. The molecule has 0 saturated heterocycles. The number of benzene rings is 2. The minimum absolute atomic E-state index is 0. The molecule has 2 rings (SSSR count). The fourth-order valence-electron chi connectivity index (χ4n) is 1.60. The van der Waals surface area contributed by atoms with E-state index in [4.69, 9.17) is 21.7 Å². The van der Waals surface area contributed by atoms with E-state index in [1.54, 1.807) is 12.1 Å². The standard InChI is InChI=1S/2C7H4I3NO2.Ni/c2*8-2-1-3(9)6(11)5(10)4(2)7(12)13;/h2*1H,11H2,(H,12,13);. The Kier molecular flexibility index (Phi) is 13.5. The summed E-state index contributed by atoms with van der Waals surface area (Å²) in [5.41, 5.74) is 13.1. The second-order valence-corrected chi connectivity index (χ2v) is 11.3. The number of rotatable bonds is 2. The van der Waals surface area contributed by atoms with Gasteiger partial charge in [-0.2, -0.15) is 0 Å². The van der Waals surface area contributed by atoms with Gasteiger partial charge in [0.25, 0.3) is 0 Å². The average Bonchev–Trinajstić information content (AvgIpc) is 2.50. The molecule has 0 bridgehead atoms. The maximum Gasteiger partial charge on any atom is 0.337 e. The Morgan fingerprint density at radius 2 is 0.926 bits per heavy atom. The third-order valence-corrected chi connectivity index (χ3v) is 8.57. The zero-order chi connectivity index (χ0) is 20.3. The van der Waals surface area contributed by atoms with Gasteiger partial charge < -0.3 is 21.7 Å². The van der Waals surface area contributed by atoms with Gasteiger partial charge in [-0.05, 0) is 148 Å². The summed E-state index contributed by atoms with van der Waals surface area (Å²) in [5.74, 6) is -1.87. The molecule has 0 amide bonds. The second-order valence-electron chi connectivity index (χ2n) is 4.50. The molecule has 0 fully saturated rings. The van der Waals surface area contributed by atoms with Gasteiger partial charge in [-0.3, -0.25) is 0 Å². The number of nitrogen functional groups attached to an aromatic ring is 2. The minimum atomic E-state index is -0.933. The molecule has 0 aliphatic rings. The topological polar surface area (TPSA) is 127 Å². The first-order valence-corrected chi connectivity index (χ1v) is 12.7. The molecule has 0 saturated carbocycles. The van der Waals surface area contributed by atoms with Crippen molar-refractivity contribution in [3.63, 3.8) is 0 Å². The molecular weight excluding hydrogens is 1080 g/mol. The molecule has 27 heavy (non-hydrogen) atoms. The van der Waals surface area contributed by atoms with Crippen molar-refractivity contribution in [3.8, 4) is 0 Å². The summed E-state index contributed by atoms with van der Waals surface area (Å²) in [6.45, 7) is 0. The zero-order valence-corrected chi connectivity index (χ0v) is 26.5. The minimum Gasteiger partial charge on any atom is -0.478 e.